The number of carbonyl (C=O) groups is 2. The van der Waals surface area contributed by atoms with Gasteiger partial charge in [0.2, 0.25) is 0 Å². The molecule has 1 amide bonds. The molecule has 0 saturated carbocycles. The Labute approximate surface area is 77.2 Å². The van der Waals surface area contributed by atoms with Crippen molar-refractivity contribution in [1.29, 1.82) is 0 Å². The van der Waals surface area contributed by atoms with E-state index in [0.29, 0.717) is 0 Å². The summed E-state index contributed by atoms with van der Waals surface area (Å²) in [5.41, 5.74) is -0.987. The van der Waals surface area contributed by atoms with E-state index >= 15 is 0 Å². The monoisotopic (exact) mass is 201 g/mol. The van der Waals surface area contributed by atoms with Crippen LogP contribution in [0, 0.1) is 11.6 Å². The zero-order chi connectivity index (χ0) is 10.7. The number of nitrogens with one attached hydrogen (secondary N) is 1. The standard InChI is InChI=1S/C8H5F2NO3/c9-5-1-4(3-12)2-6(10)7(5)11-8(13)14/h1-3,11H,(H,13,14). The predicted molar refractivity (Wildman–Crippen MR) is 43.4 cm³/mol. The van der Waals surface area contributed by atoms with Crippen molar-refractivity contribution < 1.29 is 23.5 Å². The minimum atomic E-state index is -1.58. The highest BCUT2D eigenvalue weighted by molar-refractivity contribution is 5.84. The van der Waals surface area contributed by atoms with Crippen LogP contribution in [0.3, 0.4) is 0 Å². The minimum absolute atomic E-state index is 0.198. The first kappa shape index (κ1) is 10.1. The third-order valence-corrected chi connectivity index (χ3v) is 1.43. The summed E-state index contributed by atoms with van der Waals surface area (Å²) in [6.07, 6.45) is -1.32. The maximum Gasteiger partial charge on any atom is 0.409 e. The number of benzene rings is 1. The SMILES string of the molecule is O=Cc1cc(F)c(NC(=O)O)c(F)c1. The molecule has 0 unspecified atom stereocenters. The van der Waals surface area contributed by atoms with Crippen LogP contribution in [-0.2, 0) is 0 Å². The molecule has 4 nitrogen and oxygen atoms in total. The number of hydrogen-bond donors (Lipinski definition) is 2. The molecule has 1 rings (SSSR count). The van der Waals surface area contributed by atoms with E-state index in [4.69, 9.17) is 5.11 Å². The average molecular weight is 201 g/mol. The zero-order valence-electron chi connectivity index (χ0n) is 6.75. The van der Waals surface area contributed by atoms with Gasteiger partial charge in [0.15, 0.2) is 11.6 Å². The van der Waals surface area contributed by atoms with Crippen LogP contribution in [0.5, 0.6) is 0 Å². The number of carboxylic acid groups (broad SMARTS) is 1. The molecule has 0 saturated heterocycles. The second-order valence-corrected chi connectivity index (χ2v) is 2.41. The topological polar surface area (TPSA) is 66.4 Å². The lowest BCUT2D eigenvalue weighted by atomic mass is 10.2. The lowest BCUT2D eigenvalue weighted by Crippen LogP contribution is -2.11. The molecule has 1 aromatic rings. The van der Waals surface area contributed by atoms with E-state index in [1.54, 1.807) is 5.32 Å². The lowest BCUT2D eigenvalue weighted by Gasteiger charge is -2.04. The number of amides is 1. The van der Waals surface area contributed by atoms with Crippen LogP contribution in [-0.4, -0.2) is 17.5 Å². The molecule has 0 heterocycles. The number of carbonyl (C=O) groups excluding carboxylic acids is 1. The zero-order valence-corrected chi connectivity index (χ0v) is 6.75. The molecule has 74 valence electrons. The van der Waals surface area contributed by atoms with E-state index in [-0.39, 0.29) is 11.8 Å². The summed E-state index contributed by atoms with van der Waals surface area (Å²) in [7, 11) is 0. The minimum Gasteiger partial charge on any atom is -0.465 e. The first-order valence-electron chi connectivity index (χ1n) is 3.48. The van der Waals surface area contributed by atoms with E-state index in [1.807, 2.05) is 0 Å². The van der Waals surface area contributed by atoms with Crippen molar-refractivity contribution in [3.63, 3.8) is 0 Å². The van der Waals surface area contributed by atoms with Gasteiger partial charge in [0.05, 0.1) is 0 Å². The molecule has 2 N–H and O–H groups in total. The highest BCUT2D eigenvalue weighted by Crippen LogP contribution is 2.19. The number of anilines is 1. The molecule has 0 aliphatic heterocycles. The van der Waals surface area contributed by atoms with Crippen molar-refractivity contribution in [3.05, 3.63) is 29.3 Å². The summed E-state index contributed by atoms with van der Waals surface area (Å²) in [6.45, 7) is 0. The third-order valence-electron chi connectivity index (χ3n) is 1.43. The molecular weight excluding hydrogens is 196 g/mol. The van der Waals surface area contributed by atoms with Crippen molar-refractivity contribution in [2.45, 2.75) is 0 Å². The smallest absolute Gasteiger partial charge is 0.409 e. The summed E-state index contributed by atoms with van der Waals surface area (Å²) < 4.78 is 25.9. The molecule has 6 heteroatoms. The van der Waals surface area contributed by atoms with Crippen molar-refractivity contribution >= 4 is 18.1 Å². The summed E-state index contributed by atoms with van der Waals surface area (Å²) in [6, 6.07) is 1.47. The van der Waals surface area contributed by atoms with E-state index in [0.717, 1.165) is 12.1 Å². The molecule has 0 radical (unpaired) electrons. The quantitative estimate of drug-likeness (QED) is 0.717. The molecule has 0 aliphatic rings. The van der Waals surface area contributed by atoms with E-state index < -0.39 is 23.4 Å². The van der Waals surface area contributed by atoms with Gasteiger partial charge in [-0.25, -0.2) is 13.6 Å². The first-order valence-corrected chi connectivity index (χ1v) is 3.48. The van der Waals surface area contributed by atoms with E-state index in [9.17, 15) is 18.4 Å². The molecule has 0 atom stereocenters. The van der Waals surface area contributed by atoms with E-state index in [1.165, 1.54) is 0 Å². The molecule has 1 aromatic carbocycles. The van der Waals surface area contributed by atoms with Crippen LogP contribution in [0.2, 0.25) is 0 Å². The molecule has 0 spiro atoms. The predicted octanol–water partition coefficient (Wildman–Crippen LogP) is 1.87. The van der Waals surface area contributed by atoms with Gasteiger partial charge in [0, 0.05) is 5.56 Å². The molecular formula is C8H5F2NO3. The van der Waals surface area contributed by atoms with Crippen molar-refractivity contribution in [3.8, 4) is 0 Å². The van der Waals surface area contributed by atoms with Crippen LogP contribution in [0.1, 0.15) is 10.4 Å². The van der Waals surface area contributed by atoms with Gasteiger partial charge in [-0.05, 0) is 12.1 Å². The largest absolute Gasteiger partial charge is 0.465 e. The highest BCUT2D eigenvalue weighted by atomic mass is 19.1. The maximum absolute atomic E-state index is 12.9. The van der Waals surface area contributed by atoms with Crippen LogP contribution in [0.15, 0.2) is 12.1 Å². The van der Waals surface area contributed by atoms with Crippen molar-refractivity contribution in [2.75, 3.05) is 5.32 Å². The Morgan fingerprint density at radius 3 is 2.21 bits per heavy atom. The van der Waals surface area contributed by atoms with Crippen LogP contribution < -0.4 is 5.32 Å². The van der Waals surface area contributed by atoms with Crippen LogP contribution in [0.25, 0.3) is 0 Å². The average Bonchev–Trinajstić information content (AvgIpc) is 2.10. The van der Waals surface area contributed by atoms with Gasteiger partial charge >= 0.3 is 6.09 Å². The van der Waals surface area contributed by atoms with Gasteiger partial charge < -0.3 is 5.11 Å². The number of halogens is 2. The van der Waals surface area contributed by atoms with Gasteiger partial charge in [-0.1, -0.05) is 0 Å². The van der Waals surface area contributed by atoms with Crippen LogP contribution in [0.4, 0.5) is 19.3 Å². The van der Waals surface area contributed by atoms with Crippen molar-refractivity contribution in [1.82, 2.24) is 0 Å². The van der Waals surface area contributed by atoms with E-state index in [2.05, 4.69) is 0 Å². The summed E-state index contributed by atoms with van der Waals surface area (Å²) in [5.74, 6) is -2.26. The summed E-state index contributed by atoms with van der Waals surface area (Å²) >= 11 is 0. The highest BCUT2D eigenvalue weighted by Gasteiger charge is 2.12. The fourth-order valence-electron chi connectivity index (χ4n) is 0.887. The third kappa shape index (κ3) is 2.03. The summed E-state index contributed by atoms with van der Waals surface area (Å²) in [4.78, 5) is 20.3. The number of rotatable bonds is 2. The van der Waals surface area contributed by atoms with Gasteiger partial charge in [-0.3, -0.25) is 10.1 Å². The Morgan fingerprint density at radius 1 is 1.36 bits per heavy atom. The summed E-state index contributed by atoms with van der Waals surface area (Å²) in [5, 5.41) is 9.77. The van der Waals surface area contributed by atoms with Gasteiger partial charge in [-0.2, -0.15) is 0 Å². The van der Waals surface area contributed by atoms with Crippen LogP contribution >= 0.6 is 0 Å². The lowest BCUT2D eigenvalue weighted by molar-refractivity contribution is 0.112. The second-order valence-electron chi connectivity index (χ2n) is 2.41. The van der Waals surface area contributed by atoms with Gasteiger partial charge in [0.1, 0.15) is 12.0 Å². The Morgan fingerprint density at radius 2 is 1.86 bits per heavy atom. The number of hydrogen-bond acceptors (Lipinski definition) is 2. The Hall–Kier alpha value is -1.98. The molecule has 14 heavy (non-hydrogen) atoms. The molecule has 0 aliphatic carbocycles. The Balaban J connectivity index is 3.17. The molecule has 0 bridgehead atoms. The molecule has 0 aromatic heterocycles. The Bertz CT molecular complexity index is 369. The second kappa shape index (κ2) is 3.82. The van der Waals surface area contributed by atoms with Gasteiger partial charge in [-0.15, -0.1) is 0 Å². The number of aldehydes is 1. The fourth-order valence-corrected chi connectivity index (χ4v) is 0.887. The Kier molecular flexibility index (Phi) is 2.76. The first-order chi connectivity index (χ1) is 6.54. The van der Waals surface area contributed by atoms with Gasteiger partial charge in [0.25, 0.3) is 0 Å². The molecule has 0 fully saturated rings. The normalized spacial score (nSPS) is 9.57. The van der Waals surface area contributed by atoms with Crippen molar-refractivity contribution in [2.24, 2.45) is 0 Å². The maximum atomic E-state index is 12.9. The fraction of sp³-hybridized carbons (Fsp3) is 0.